The van der Waals surface area contributed by atoms with Crippen LogP contribution in [-0.4, -0.2) is 23.9 Å². The summed E-state index contributed by atoms with van der Waals surface area (Å²) in [5, 5.41) is 0. The number of rotatable bonds is 1. The van der Waals surface area contributed by atoms with E-state index in [9.17, 15) is 4.79 Å². The molecule has 0 spiro atoms. The summed E-state index contributed by atoms with van der Waals surface area (Å²) in [6, 6.07) is 0. The molecule has 0 bridgehead atoms. The van der Waals surface area contributed by atoms with E-state index in [1.165, 1.54) is 12.8 Å². The van der Waals surface area contributed by atoms with E-state index < -0.39 is 0 Å². The van der Waals surface area contributed by atoms with Crippen LogP contribution in [0.25, 0.3) is 0 Å². The molecule has 1 amide bonds. The first-order valence-electron chi connectivity index (χ1n) is 4.03. The van der Waals surface area contributed by atoms with Crippen molar-refractivity contribution in [3.63, 3.8) is 0 Å². The number of hydrogen-bond acceptors (Lipinski definition) is 1. The van der Waals surface area contributed by atoms with E-state index in [-0.39, 0.29) is 5.91 Å². The molecule has 1 saturated heterocycles. The van der Waals surface area contributed by atoms with Gasteiger partial charge >= 0.3 is 0 Å². The predicted octanol–water partition coefficient (Wildman–Crippen LogP) is 0.875. The van der Waals surface area contributed by atoms with Crippen LogP contribution in [0.5, 0.6) is 0 Å². The molecule has 56 valence electrons. The summed E-state index contributed by atoms with van der Waals surface area (Å²) in [4.78, 5) is 12.7. The highest BCUT2D eigenvalue weighted by Gasteiger charge is 2.39. The van der Waals surface area contributed by atoms with Crippen LogP contribution in [0, 0.1) is 11.8 Å². The Morgan fingerprint density at radius 1 is 1.30 bits per heavy atom. The minimum absolute atomic E-state index is 0.247. The van der Waals surface area contributed by atoms with Gasteiger partial charge < -0.3 is 4.90 Å². The van der Waals surface area contributed by atoms with Gasteiger partial charge in [0, 0.05) is 20.0 Å². The molecular weight excluding hydrogens is 126 g/mol. The highest BCUT2D eigenvalue weighted by Crippen LogP contribution is 2.41. The molecule has 0 atom stereocenters. The van der Waals surface area contributed by atoms with Crippen LogP contribution in [0.1, 0.15) is 19.8 Å². The van der Waals surface area contributed by atoms with E-state index in [1.807, 2.05) is 4.90 Å². The number of nitrogens with zero attached hydrogens (tertiary/aromatic N) is 1. The second-order valence-electron chi connectivity index (χ2n) is 3.52. The van der Waals surface area contributed by atoms with E-state index in [0.717, 1.165) is 24.9 Å². The smallest absolute Gasteiger partial charge is 0.219 e. The highest BCUT2D eigenvalue weighted by atomic mass is 16.2. The largest absolute Gasteiger partial charge is 0.342 e. The van der Waals surface area contributed by atoms with E-state index in [1.54, 1.807) is 6.92 Å². The van der Waals surface area contributed by atoms with Gasteiger partial charge in [0.1, 0.15) is 0 Å². The summed E-state index contributed by atoms with van der Waals surface area (Å²) < 4.78 is 0. The van der Waals surface area contributed by atoms with Gasteiger partial charge in [0.05, 0.1) is 0 Å². The lowest BCUT2D eigenvalue weighted by Crippen LogP contribution is -2.49. The molecule has 1 saturated carbocycles. The second kappa shape index (κ2) is 1.97. The summed E-state index contributed by atoms with van der Waals surface area (Å²) in [5.41, 5.74) is 0. The van der Waals surface area contributed by atoms with Crippen LogP contribution in [0.2, 0.25) is 0 Å². The van der Waals surface area contributed by atoms with E-state index in [0.29, 0.717) is 0 Å². The zero-order chi connectivity index (χ0) is 7.14. The van der Waals surface area contributed by atoms with Crippen molar-refractivity contribution in [3.8, 4) is 0 Å². The third-order valence-corrected chi connectivity index (χ3v) is 2.64. The molecule has 0 radical (unpaired) electrons. The summed E-state index contributed by atoms with van der Waals surface area (Å²) in [6.45, 7) is 3.74. The van der Waals surface area contributed by atoms with Gasteiger partial charge in [0.2, 0.25) is 5.91 Å². The molecule has 0 unspecified atom stereocenters. The van der Waals surface area contributed by atoms with Crippen LogP contribution in [0.15, 0.2) is 0 Å². The molecule has 2 fully saturated rings. The molecule has 1 aliphatic heterocycles. The van der Waals surface area contributed by atoms with Gasteiger partial charge in [-0.2, -0.15) is 0 Å². The molecule has 0 aromatic heterocycles. The Morgan fingerprint density at radius 3 is 2.30 bits per heavy atom. The summed E-state index contributed by atoms with van der Waals surface area (Å²) in [7, 11) is 0. The van der Waals surface area contributed by atoms with Crippen LogP contribution in [0.4, 0.5) is 0 Å². The van der Waals surface area contributed by atoms with E-state index in [4.69, 9.17) is 0 Å². The first-order valence-corrected chi connectivity index (χ1v) is 4.03. The van der Waals surface area contributed by atoms with Crippen molar-refractivity contribution < 1.29 is 4.79 Å². The minimum Gasteiger partial charge on any atom is -0.342 e. The van der Waals surface area contributed by atoms with Gasteiger partial charge in [-0.1, -0.05) is 0 Å². The monoisotopic (exact) mass is 139 g/mol. The Morgan fingerprint density at radius 2 is 1.90 bits per heavy atom. The summed E-state index contributed by atoms with van der Waals surface area (Å²) in [6.07, 6.45) is 2.83. The van der Waals surface area contributed by atoms with Crippen molar-refractivity contribution in [3.05, 3.63) is 0 Å². The van der Waals surface area contributed by atoms with E-state index in [2.05, 4.69) is 0 Å². The molecule has 2 heteroatoms. The third-order valence-electron chi connectivity index (χ3n) is 2.64. The molecule has 2 nitrogen and oxygen atoms in total. The fraction of sp³-hybridized carbons (Fsp3) is 0.875. The molecule has 0 aromatic rings. The molecule has 2 aliphatic rings. The fourth-order valence-electron chi connectivity index (χ4n) is 1.64. The maximum absolute atomic E-state index is 10.7. The lowest BCUT2D eigenvalue weighted by Gasteiger charge is -2.38. The molecule has 2 rings (SSSR count). The van der Waals surface area contributed by atoms with Crippen LogP contribution < -0.4 is 0 Å². The normalized spacial score (nSPS) is 26.3. The van der Waals surface area contributed by atoms with Gasteiger partial charge in [0.25, 0.3) is 0 Å². The zero-order valence-corrected chi connectivity index (χ0v) is 6.34. The standard InChI is InChI=1S/C8H13NO/c1-6(10)9-4-8(5-9)7-2-3-7/h7-8H,2-5H2,1H3. The average molecular weight is 139 g/mol. The molecule has 0 N–H and O–H groups in total. The lowest BCUT2D eigenvalue weighted by atomic mass is 9.95. The van der Waals surface area contributed by atoms with E-state index >= 15 is 0 Å². The van der Waals surface area contributed by atoms with Crippen LogP contribution in [0.3, 0.4) is 0 Å². The molecule has 0 aromatic carbocycles. The van der Waals surface area contributed by atoms with Crippen molar-refractivity contribution in [2.45, 2.75) is 19.8 Å². The Bertz CT molecular complexity index is 157. The Balaban J connectivity index is 1.77. The third kappa shape index (κ3) is 0.917. The SMILES string of the molecule is CC(=O)N1CC(C2CC2)C1. The Kier molecular flexibility index (Phi) is 1.22. The Labute approximate surface area is 61.2 Å². The maximum atomic E-state index is 10.7. The number of hydrogen-bond donors (Lipinski definition) is 0. The topological polar surface area (TPSA) is 20.3 Å². The number of carbonyl (C=O) groups excluding carboxylic acids is 1. The van der Waals surface area contributed by atoms with Gasteiger partial charge in [-0.15, -0.1) is 0 Å². The van der Waals surface area contributed by atoms with Crippen LogP contribution in [-0.2, 0) is 4.79 Å². The summed E-state index contributed by atoms with van der Waals surface area (Å²) in [5.74, 6) is 2.09. The first kappa shape index (κ1) is 6.20. The maximum Gasteiger partial charge on any atom is 0.219 e. The zero-order valence-electron chi connectivity index (χ0n) is 6.34. The summed E-state index contributed by atoms with van der Waals surface area (Å²) >= 11 is 0. The van der Waals surface area contributed by atoms with Gasteiger partial charge in [0.15, 0.2) is 0 Å². The van der Waals surface area contributed by atoms with Gasteiger partial charge in [-0.3, -0.25) is 4.79 Å². The fourth-order valence-corrected chi connectivity index (χ4v) is 1.64. The van der Waals surface area contributed by atoms with Crippen molar-refractivity contribution in [2.75, 3.05) is 13.1 Å². The molecule has 1 aliphatic carbocycles. The molecular formula is C8H13NO. The van der Waals surface area contributed by atoms with Crippen molar-refractivity contribution in [1.82, 2.24) is 4.90 Å². The molecule has 1 heterocycles. The highest BCUT2D eigenvalue weighted by molar-refractivity contribution is 5.74. The average Bonchev–Trinajstić information content (AvgIpc) is 2.42. The molecule has 10 heavy (non-hydrogen) atoms. The number of carbonyl (C=O) groups is 1. The quantitative estimate of drug-likeness (QED) is 0.528. The number of amides is 1. The second-order valence-corrected chi connectivity index (χ2v) is 3.52. The van der Waals surface area contributed by atoms with Crippen molar-refractivity contribution in [1.29, 1.82) is 0 Å². The predicted molar refractivity (Wildman–Crippen MR) is 38.5 cm³/mol. The van der Waals surface area contributed by atoms with Gasteiger partial charge in [-0.05, 0) is 24.7 Å². The van der Waals surface area contributed by atoms with Gasteiger partial charge in [-0.25, -0.2) is 0 Å². The van der Waals surface area contributed by atoms with Crippen molar-refractivity contribution >= 4 is 5.91 Å². The Hall–Kier alpha value is -0.530. The van der Waals surface area contributed by atoms with Crippen molar-refractivity contribution in [2.24, 2.45) is 11.8 Å². The number of likely N-dealkylation sites (tertiary alicyclic amines) is 1. The first-order chi connectivity index (χ1) is 4.77. The van der Waals surface area contributed by atoms with Crippen LogP contribution >= 0.6 is 0 Å². The minimum atomic E-state index is 0.247. The lowest BCUT2D eigenvalue weighted by molar-refractivity contribution is -0.135.